The predicted octanol–water partition coefficient (Wildman–Crippen LogP) is 4.08. The fraction of sp³-hybridized carbons (Fsp3) is 0.929. The van der Waals surface area contributed by atoms with Gasteiger partial charge in [-0.2, -0.15) is 13.2 Å². The highest BCUT2D eigenvalue weighted by Gasteiger charge is 2.26. The summed E-state index contributed by atoms with van der Waals surface area (Å²) in [6.45, 7) is 0.666. The van der Waals surface area contributed by atoms with Crippen LogP contribution in [-0.2, 0) is 0 Å². The summed E-state index contributed by atoms with van der Waals surface area (Å²) in [4.78, 5) is 3.96. The molecule has 0 aromatic rings. The molecular formula is C14H27F3IN3. The molecule has 0 unspecified atom stereocenters. The summed E-state index contributed by atoms with van der Waals surface area (Å²) in [7, 11) is 1.58. The van der Waals surface area contributed by atoms with Gasteiger partial charge in [0.1, 0.15) is 0 Å². The quantitative estimate of drug-likeness (QED) is 0.408. The molecule has 0 spiro atoms. The van der Waals surface area contributed by atoms with E-state index in [0.717, 1.165) is 6.54 Å². The van der Waals surface area contributed by atoms with E-state index in [1.54, 1.807) is 7.05 Å². The first kappa shape index (κ1) is 20.8. The van der Waals surface area contributed by atoms with Crippen LogP contribution in [0.4, 0.5) is 13.2 Å². The maximum atomic E-state index is 12.1. The topological polar surface area (TPSA) is 36.4 Å². The average Bonchev–Trinajstić information content (AvgIpc) is 2.33. The van der Waals surface area contributed by atoms with Gasteiger partial charge in [-0.05, 0) is 18.8 Å². The molecule has 21 heavy (non-hydrogen) atoms. The van der Waals surface area contributed by atoms with Crippen molar-refractivity contribution in [1.29, 1.82) is 0 Å². The Morgan fingerprint density at radius 1 is 1.05 bits per heavy atom. The van der Waals surface area contributed by atoms with Crippen molar-refractivity contribution < 1.29 is 13.2 Å². The number of rotatable bonds is 4. The summed E-state index contributed by atoms with van der Waals surface area (Å²) in [5.41, 5.74) is 0. The molecule has 0 bridgehead atoms. The van der Waals surface area contributed by atoms with Gasteiger partial charge in [-0.25, -0.2) is 0 Å². The Morgan fingerprint density at radius 2 is 1.62 bits per heavy atom. The van der Waals surface area contributed by atoms with Crippen molar-refractivity contribution in [2.75, 3.05) is 20.1 Å². The number of hydrogen-bond donors (Lipinski definition) is 2. The van der Waals surface area contributed by atoms with E-state index < -0.39 is 12.6 Å². The van der Waals surface area contributed by atoms with Gasteiger partial charge in [0.25, 0.3) is 0 Å². The molecule has 2 N–H and O–H groups in total. The number of halogens is 4. The van der Waals surface area contributed by atoms with Crippen molar-refractivity contribution in [2.45, 2.75) is 57.5 Å². The first-order valence-electron chi connectivity index (χ1n) is 7.52. The Labute approximate surface area is 142 Å². The molecule has 1 aliphatic rings. The molecule has 0 amide bonds. The standard InChI is InChI=1S/C14H26F3N3.HI/c1-18-13(19-10-9-14(15,16)17)20-11-12-7-5-3-2-4-6-8-12;/h12H,2-11H2,1H3,(H2,18,19,20);1H. The van der Waals surface area contributed by atoms with Crippen LogP contribution in [0.1, 0.15) is 51.4 Å². The maximum absolute atomic E-state index is 12.1. The Morgan fingerprint density at radius 3 is 2.14 bits per heavy atom. The van der Waals surface area contributed by atoms with Crippen LogP contribution in [0.15, 0.2) is 4.99 Å². The van der Waals surface area contributed by atoms with Gasteiger partial charge in [0.05, 0.1) is 6.42 Å². The van der Waals surface area contributed by atoms with Gasteiger partial charge in [-0.15, -0.1) is 24.0 Å². The lowest BCUT2D eigenvalue weighted by Gasteiger charge is -2.21. The predicted molar refractivity (Wildman–Crippen MR) is 91.3 cm³/mol. The summed E-state index contributed by atoms with van der Waals surface area (Å²) in [6.07, 6.45) is 3.89. The van der Waals surface area contributed by atoms with Crippen LogP contribution in [0.25, 0.3) is 0 Å². The van der Waals surface area contributed by atoms with Crippen LogP contribution in [0.3, 0.4) is 0 Å². The lowest BCUT2D eigenvalue weighted by molar-refractivity contribution is -0.132. The van der Waals surface area contributed by atoms with Gasteiger partial charge in [0.15, 0.2) is 5.96 Å². The summed E-state index contributed by atoms with van der Waals surface area (Å²) < 4.78 is 36.2. The Balaban J connectivity index is 0.00000400. The van der Waals surface area contributed by atoms with Gasteiger partial charge >= 0.3 is 6.18 Å². The van der Waals surface area contributed by atoms with E-state index in [0.29, 0.717) is 11.9 Å². The molecule has 0 aromatic heterocycles. The van der Waals surface area contributed by atoms with E-state index in [1.807, 2.05) is 0 Å². The lowest BCUT2D eigenvalue weighted by Crippen LogP contribution is -2.41. The number of alkyl halides is 3. The van der Waals surface area contributed by atoms with Gasteiger partial charge in [-0.1, -0.05) is 32.1 Å². The number of hydrogen-bond acceptors (Lipinski definition) is 1. The van der Waals surface area contributed by atoms with Crippen LogP contribution in [0.5, 0.6) is 0 Å². The van der Waals surface area contributed by atoms with E-state index >= 15 is 0 Å². The SMILES string of the molecule is CN=C(NCCC(F)(F)F)NCC1CCCCCCC1.I. The molecule has 1 aliphatic carbocycles. The largest absolute Gasteiger partial charge is 0.390 e. The monoisotopic (exact) mass is 421 g/mol. The maximum Gasteiger partial charge on any atom is 0.390 e. The summed E-state index contributed by atoms with van der Waals surface area (Å²) in [6, 6.07) is 0. The number of nitrogens with one attached hydrogen (secondary N) is 2. The van der Waals surface area contributed by atoms with E-state index in [9.17, 15) is 13.2 Å². The Kier molecular flexibility index (Phi) is 11.3. The molecule has 3 nitrogen and oxygen atoms in total. The first-order valence-corrected chi connectivity index (χ1v) is 7.52. The molecule has 0 aromatic carbocycles. The Bertz CT molecular complexity index is 288. The highest BCUT2D eigenvalue weighted by Crippen LogP contribution is 2.21. The molecule has 0 saturated heterocycles. The average molecular weight is 421 g/mol. The van der Waals surface area contributed by atoms with Crippen molar-refractivity contribution in [3.63, 3.8) is 0 Å². The van der Waals surface area contributed by atoms with Crippen molar-refractivity contribution in [3.05, 3.63) is 0 Å². The fourth-order valence-corrected chi connectivity index (χ4v) is 2.53. The minimum atomic E-state index is -4.12. The molecule has 0 heterocycles. The molecule has 126 valence electrons. The van der Waals surface area contributed by atoms with Crippen molar-refractivity contribution in [3.8, 4) is 0 Å². The van der Waals surface area contributed by atoms with Crippen molar-refractivity contribution in [2.24, 2.45) is 10.9 Å². The molecule has 1 rings (SSSR count). The number of nitrogens with zero attached hydrogens (tertiary/aromatic N) is 1. The second kappa shape index (κ2) is 11.4. The Hall–Kier alpha value is -0.210. The molecule has 1 saturated carbocycles. The van der Waals surface area contributed by atoms with E-state index in [-0.39, 0.29) is 30.5 Å². The van der Waals surface area contributed by atoms with Crippen molar-refractivity contribution >= 4 is 29.9 Å². The van der Waals surface area contributed by atoms with Crippen LogP contribution in [-0.4, -0.2) is 32.3 Å². The molecule has 1 fully saturated rings. The van der Waals surface area contributed by atoms with Gasteiger partial charge in [0.2, 0.25) is 0 Å². The summed E-state index contributed by atoms with van der Waals surface area (Å²) in [5.74, 6) is 1.08. The van der Waals surface area contributed by atoms with Gasteiger partial charge < -0.3 is 10.6 Å². The van der Waals surface area contributed by atoms with Crippen LogP contribution >= 0.6 is 24.0 Å². The van der Waals surface area contributed by atoms with E-state index in [4.69, 9.17) is 0 Å². The third-order valence-corrected chi connectivity index (χ3v) is 3.71. The third-order valence-electron chi connectivity index (χ3n) is 3.71. The zero-order valence-electron chi connectivity index (χ0n) is 12.6. The number of aliphatic imine (C=N–C) groups is 1. The molecule has 0 atom stereocenters. The molecule has 7 heteroatoms. The zero-order chi connectivity index (χ0) is 14.8. The minimum Gasteiger partial charge on any atom is -0.356 e. The fourth-order valence-electron chi connectivity index (χ4n) is 2.53. The molecule has 0 radical (unpaired) electrons. The highest BCUT2D eigenvalue weighted by molar-refractivity contribution is 14.0. The van der Waals surface area contributed by atoms with Gasteiger partial charge in [-0.3, -0.25) is 4.99 Å². The smallest absolute Gasteiger partial charge is 0.356 e. The van der Waals surface area contributed by atoms with Crippen LogP contribution < -0.4 is 10.6 Å². The van der Waals surface area contributed by atoms with Gasteiger partial charge in [0, 0.05) is 20.1 Å². The van der Waals surface area contributed by atoms with Crippen LogP contribution in [0, 0.1) is 5.92 Å². The number of guanidine groups is 1. The van der Waals surface area contributed by atoms with Crippen LogP contribution in [0.2, 0.25) is 0 Å². The first-order chi connectivity index (χ1) is 9.51. The second-order valence-electron chi connectivity index (χ2n) is 5.46. The zero-order valence-corrected chi connectivity index (χ0v) is 15.0. The van der Waals surface area contributed by atoms with E-state index in [1.165, 1.54) is 44.9 Å². The highest BCUT2D eigenvalue weighted by atomic mass is 127. The normalized spacial score (nSPS) is 18.4. The summed E-state index contributed by atoms with van der Waals surface area (Å²) >= 11 is 0. The third kappa shape index (κ3) is 11.1. The van der Waals surface area contributed by atoms with E-state index in [2.05, 4.69) is 15.6 Å². The summed E-state index contributed by atoms with van der Waals surface area (Å²) in [5, 5.41) is 5.86. The molecular weight excluding hydrogens is 394 g/mol. The minimum absolute atomic E-state index is 0. The molecule has 0 aliphatic heterocycles. The second-order valence-corrected chi connectivity index (χ2v) is 5.46. The lowest BCUT2D eigenvalue weighted by atomic mass is 9.91. The van der Waals surface area contributed by atoms with Crippen molar-refractivity contribution in [1.82, 2.24) is 10.6 Å².